The fraction of sp³-hybridized carbons (Fsp3) is 0.364. The van der Waals surface area contributed by atoms with E-state index in [1.54, 1.807) is 13.1 Å². The number of sulfonamides is 1. The number of hydrogen-bond acceptors (Lipinski definition) is 3. The van der Waals surface area contributed by atoms with Gasteiger partial charge in [0.2, 0.25) is 10.0 Å². The smallest absolute Gasteiger partial charge is 0.242 e. The van der Waals surface area contributed by atoms with Gasteiger partial charge < -0.3 is 0 Å². The van der Waals surface area contributed by atoms with Crippen molar-refractivity contribution in [2.75, 3.05) is 11.4 Å². The van der Waals surface area contributed by atoms with Gasteiger partial charge in [-0.2, -0.15) is 5.26 Å². The Kier molecular flexibility index (Phi) is 2.60. The van der Waals surface area contributed by atoms with E-state index in [0.717, 1.165) is 11.3 Å². The van der Waals surface area contributed by atoms with Crippen LogP contribution in [0.25, 0.3) is 0 Å². The van der Waals surface area contributed by atoms with Crippen molar-refractivity contribution in [3.63, 3.8) is 0 Å². The summed E-state index contributed by atoms with van der Waals surface area (Å²) in [5.41, 5.74) is 1.53. The number of fused-ring (bicyclic) bond motifs is 1. The highest BCUT2D eigenvalue weighted by molar-refractivity contribution is 7.93. The summed E-state index contributed by atoms with van der Waals surface area (Å²) >= 11 is 0. The van der Waals surface area contributed by atoms with Crippen molar-refractivity contribution in [2.45, 2.75) is 18.1 Å². The van der Waals surface area contributed by atoms with Crippen molar-refractivity contribution < 1.29 is 8.42 Å². The summed E-state index contributed by atoms with van der Waals surface area (Å²) in [4.78, 5) is 0. The van der Waals surface area contributed by atoms with Crippen LogP contribution in [-0.4, -0.2) is 15.5 Å². The van der Waals surface area contributed by atoms with Crippen LogP contribution >= 0.6 is 0 Å². The highest BCUT2D eigenvalue weighted by atomic mass is 32.2. The van der Waals surface area contributed by atoms with Crippen molar-refractivity contribution in [1.29, 1.82) is 5.26 Å². The number of nitriles is 1. The van der Waals surface area contributed by atoms with E-state index >= 15 is 0 Å². The van der Waals surface area contributed by atoms with E-state index in [9.17, 15) is 8.42 Å². The maximum absolute atomic E-state index is 12.1. The molecule has 5 heteroatoms. The molecule has 1 aliphatic rings. The van der Waals surface area contributed by atoms with Crippen LogP contribution in [0.4, 0.5) is 5.69 Å². The molecule has 0 saturated heterocycles. The average molecular weight is 236 g/mol. The Morgan fingerprint density at radius 3 is 2.81 bits per heavy atom. The minimum absolute atomic E-state index is 0.256. The van der Waals surface area contributed by atoms with Gasteiger partial charge in [-0.25, -0.2) is 8.42 Å². The van der Waals surface area contributed by atoms with Gasteiger partial charge in [-0.05, 0) is 18.1 Å². The van der Waals surface area contributed by atoms with Gasteiger partial charge in [-0.1, -0.05) is 18.2 Å². The first kappa shape index (κ1) is 11.0. The molecule has 1 aromatic rings. The second-order valence-corrected chi connectivity index (χ2v) is 5.90. The highest BCUT2D eigenvalue weighted by Crippen LogP contribution is 2.43. The van der Waals surface area contributed by atoms with Crippen LogP contribution in [0.2, 0.25) is 0 Å². The molecule has 0 amide bonds. The predicted molar refractivity (Wildman–Crippen MR) is 61.4 cm³/mol. The fourth-order valence-corrected chi connectivity index (χ4v) is 3.79. The molecular formula is C11H12N2O2S. The number of anilines is 1. The van der Waals surface area contributed by atoms with Crippen molar-refractivity contribution >= 4 is 15.7 Å². The van der Waals surface area contributed by atoms with Gasteiger partial charge in [-0.15, -0.1) is 0 Å². The van der Waals surface area contributed by atoms with Gasteiger partial charge in [0.15, 0.2) is 0 Å². The number of rotatable bonds is 2. The Bertz CT molecular complexity index is 545. The van der Waals surface area contributed by atoms with E-state index in [0.29, 0.717) is 6.42 Å². The Balaban J connectivity index is 2.49. The molecule has 0 aliphatic carbocycles. The Morgan fingerprint density at radius 2 is 2.12 bits per heavy atom. The van der Waals surface area contributed by atoms with E-state index in [4.69, 9.17) is 5.26 Å². The lowest BCUT2D eigenvalue weighted by atomic mass is 10.1. The first-order valence-electron chi connectivity index (χ1n) is 5.02. The third kappa shape index (κ3) is 1.46. The monoisotopic (exact) mass is 236 g/mol. The van der Waals surface area contributed by atoms with Gasteiger partial charge in [0.25, 0.3) is 0 Å². The molecule has 0 aromatic heterocycles. The number of benzene rings is 1. The number of nitrogens with zero attached hydrogens (tertiary/aromatic N) is 2. The van der Waals surface area contributed by atoms with Crippen molar-refractivity contribution in [1.82, 2.24) is 0 Å². The van der Waals surface area contributed by atoms with Crippen LogP contribution in [0.1, 0.15) is 23.7 Å². The van der Waals surface area contributed by atoms with Crippen molar-refractivity contribution in [3.8, 4) is 6.07 Å². The second kappa shape index (κ2) is 3.80. The normalized spacial score (nSPS) is 21.5. The molecule has 1 aliphatic heterocycles. The standard InChI is InChI=1S/C11H12N2O2S/c1-13-10-6-3-2-5-9(10)11(7-4-8-12)16(13,14)15/h2-3,5-6,11H,4,7H2,1H3. The molecule has 1 atom stereocenters. The maximum atomic E-state index is 12.1. The molecule has 0 bridgehead atoms. The molecule has 2 rings (SSSR count). The van der Waals surface area contributed by atoms with Crippen LogP contribution in [0.3, 0.4) is 0 Å². The summed E-state index contributed by atoms with van der Waals surface area (Å²) in [6, 6.07) is 9.25. The van der Waals surface area contributed by atoms with Gasteiger partial charge in [-0.3, -0.25) is 4.31 Å². The van der Waals surface area contributed by atoms with E-state index in [2.05, 4.69) is 0 Å². The van der Waals surface area contributed by atoms with E-state index in [1.165, 1.54) is 4.31 Å². The Morgan fingerprint density at radius 1 is 1.44 bits per heavy atom. The van der Waals surface area contributed by atoms with Crippen LogP contribution in [-0.2, 0) is 10.0 Å². The molecule has 0 N–H and O–H groups in total. The van der Waals surface area contributed by atoms with E-state index in [1.807, 2.05) is 24.3 Å². The summed E-state index contributed by atoms with van der Waals surface area (Å²) in [6.45, 7) is 0. The van der Waals surface area contributed by atoms with Crippen LogP contribution in [0, 0.1) is 11.3 Å². The van der Waals surface area contributed by atoms with Crippen LogP contribution in [0.15, 0.2) is 24.3 Å². The minimum atomic E-state index is -3.31. The summed E-state index contributed by atoms with van der Waals surface area (Å²) < 4.78 is 25.5. The molecular weight excluding hydrogens is 224 g/mol. The molecule has 1 aromatic carbocycles. The number of para-hydroxylation sites is 1. The lowest BCUT2D eigenvalue weighted by Gasteiger charge is -2.13. The summed E-state index contributed by atoms with van der Waals surface area (Å²) in [5.74, 6) is 0. The fourth-order valence-electron chi connectivity index (χ4n) is 2.04. The molecule has 0 spiro atoms. The Hall–Kier alpha value is -1.54. The minimum Gasteiger partial charge on any atom is -0.272 e. The van der Waals surface area contributed by atoms with E-state index in [-0.39, 0.29) is 6.42 Å². The predicted octanol–water partition coefficient (Wildman–Crippen LogP) is 1.81. The third-order valence-electron chi connectivity index (χ3n) is 2.88. The molecule has 0 saturated carbocycles. The van der Waals surface area contributed by atoms with Crippen molar-refractivity contribution in [3.05, 3.63) is 29.8 Å². The maximum Gasteiger partial charge on any atom is 0.242 e. The molecule has 4 nitrogen and oxygen atoms in total. The zero-order valence-corrected chi connectivity index (χ0v) is 9.74. The van der Waals surface area contributed by atoms with Crippen LogP contribution in [0.5, 0.6) is 0 Å². The third-order valence-corrected chi connectivity index (χ3v) is 5.05. The van der Waals surface area contributed by atoms with Gasteiger partial charge in [0.05, 0.1) is 11.8 Å². The zero-order valence-electron chi connectivity index (χ0n) is 8.92. The SMILES string of the molecule is CN1c2ccccc2C(CCC#N)S1(=O)=O. The summed E-state index contributed by atoms with van der Waals surface area (Å²) in [7, 11) is -1.76. The Labute approximate surface area is 95.2 Å². The van der Waals surface area contributed by atoms with Gasteiger partial charge in [0.1, 0.15) is 5.25 Å². The van der Waals surface area contributed by atoms with E-state index < -0.39 is 15.3 Å². The first-order valence-corrected chi connectivity index (χ1v) is 6.53. The van der Waals surface area contributed by atoms with Gasteiger partial charge in [0, 0.05) is 13.5 Å². The first-order chi connectivity index (χ1) is 7.59. The zero-order chi connectivity index (χ0) is 11.8. The molecule has 1 heterocycles. The molecule has 0 fully saturated rings. The molecule has 1 unspecified atom stereocenters. The average Bonchev–Trinajstić information content (AvgIpc) is 2.46. The lowest BCUT2D eigenvalue weighted by Crippen LogP contribution is -2.24. The summed E-state index contributed by atoms with van der Waals surface area (Å²) in [6.07, 6.45) is 0.617. The molecule has 84 valence electrons. The molecule has 0 radical (unpaired) electrons. The highest BCUT2D eigenvalue weighted by Gasteiger charge is 2.40. The van der Waals surface area contributed by atoms with Crippen molar-refractivity contribution in [2.24, 2.45) is 0 Å². The largest absolute Gasteiger partial charge is 0.272 e. The second-order valence-electron chi connectivity index (χ2n) is 3.76. The lowest BCUT2D eigenvalue weighted by molar-refractivity contribution is 0.580. The topological polar surface area (TPSA) is 61.2 Å². The quantitative estimate of drug-likeness (QED) is 0.786. The number of hydrogen-bond donors (Lipinski definition) is 0. The summed E-state index contributed by atoms with van der Waals surface area (Å²) in [5, 5.41) is 7.99. The van der Waals surface area contributed by atoms with Gasteiger partial charge >= 0.3 is 0 Å². The van der Waals surface area contributed by atoms with Crippen LogP contribution < -0.4 is 4.31 Å². The molecule has 16 heavy (non-hydrogen) atoms.